The van der Waals surface area contributed by atoms with E-state index in [-0.39, 0.29) is 5.97 Å². The molecule has 7 heteroatoms. The number of carbonyl (C=O) groups is 1. The summed E-state index contributed by atoms with van der Waals surface area (Å²) in [5.41, 5.74) is 2.87. The van der Waals surface area contributed by atoms with Crippen molar-refractivity contribution in [2.45, 2.75) is 52.0 Å². The summed E-state index contributed by atoms with van der Waals surface area (Å²) in [7, 11) is 0. The van der Waals surface area contributed by atoms with Crippen LogP contribution in [0.3, 0.4) is 0 Å². The summed E-state index contributed by atoms with van der Waals surface area (Å²) in [6.07, 6.45) is 10.2. The predicted molar refractivity (Wildman–Crippen MR) is 113 cm³/mol. The Balaban J connectivity index is 1.77. The van der Waals surface area contributed by atoms with Crippen molar-refractivity contribution < 1.29 is 9.53 Å². The Morgan fingerprint density at radius 1 is 1.30 bits per heavy atom. The van der Waals surface area contributed by atoms with E-state index in [1.165, 1.54) is 24.1 Å². The van der Waals surface area contributed by atoms with E-state index in [1.807, 2.05) is 19.1 Å². The smallest absolute Gasteiger partial charge is 0.341 e. The van der Waals surface area contributed by atoms with Crippen LogP contribution in [0.4, 0.5) is 5.00 Å². The molecule has 2 aromatic heterocycles. The molecule has 144 valence electrons. The number of nitrogens with zero attached hydrogens (tertiary/aromatic N) is 1. The summed E-state index contributed by atoms with van der Waals surface area (Å²) in [6, 6.07) is 3.88. The van der Waals surface area contributed by atoms with Gasteiger partial charge < -0.3 is 15.4 Å². The van der Waals surface area contributed by atoms with E-state index in [2.05, 4.69) is 15.6 Å². The fourth-order valence-electron chi connectivity index (χ4n) is 3.26. The van der Waals surface area contributed by atoms with Crippen molar-refractivity contribution in [3.05, 3.63) is 46.1 Å². The number of aromatic nitrogens is 1. The van der Waals surface area contributed by atoms with Crippen LogP contribution in [-0.2, 0) is 24.1 Å². The lowest BCUT2D eigenvalue weighted by atomic mass is 9.96. The molecular formula is C20H25N3O2S2. The fourth-order valence-corrected chi connectivity index (χ4v) is 4.78. The van der Waals surface area contributed by atoms with Crippen LogP contribution in [0.2, 0.25) is 0 Å². The van der Waals surface area contributed by atoms with Crippen LogP contribution in [0.5, 0.6) is 0 Å². The molecule has 0 atom stereocenters. The van der Waals surface area contributed by atoms with Crippen LogP contribution in [0, 0.1) is 0 Å². The second kappa shape index (κ2) is 9.80. The second-order valence-corrected chi connectivity index (χ2v) is 8.02. The van der Waals surface area contributed by atoms with Gasteiger partial charge in [0.1, 0.15) is 5.00 Å². The second-order valence-electron chi connectivity index (χ2n) is 6.51. The molecule has 1 aliphatic carbocycles. The minimum atomic E-state index is -0.256. The number of thiophene rings is 1. The first-order valence-electron chi connectivity index (χ1n) is 9.44. The van der Waals surface area contributed by atoms with E-state index >= 15 is 0 Å². The van der Waals surface area contributed by atoms with Gasteiger partial charge in [0.15, 0.2) is 5.11 Å². The maximum atomic E-state index is 12.6. The molecule has 3 rings (SSSR count). The summed E-state index contributed by atoms with van der Waals surface area (Å²) >= 11 is 7.09. The minimum Gasteiger partial charge on any atom is -0.462 e. The minimum absolute atomic E-state index is 0.256. The Morgan fingerprint density at radius 3 is 2.85 bits per heavy atom. The highest BCUT2D eigenvalue weighted by molar-refractivity contribution is 7.80. The number of aryl methyl sites for hydroxylation is 1. The number of pyridine rings is 1. The van der Waals surface area contributed by atoms with Crippen molar-refractivity contribution in [2.24, 2.45) is 0 Å². The molecule has 0 radical (unpaired) electrons. The van der Waals surface area contributed by atoms with Crippen LogP contribution < -0.4 is 10.6 Å². The lowest BCUT2D eigenvalue weighted by molar-refractivity contribution is 0.0526. The summed E-state index contributed by atoms with van der Waals surface area (Å²) in [5, 5.41) is 7.72. The van der Waals surface area contributed by atoms with Gasteiger partial charge in [-0.25, -0.2) is 4.79 Å². The van der Waals surface area contributed by atoms with E-state index in [0.29, 0.717) is 23.8 Å². The number of ether oxygens (including phenoxy) is 1. The van der Waals surface area contributed by atoms with Gasteiger partial charge in [0, 0.05) is 23.8 Å². The van der Waals surface area contributed by atoms with Crippen molar-refractivity contribution in [1.82, 2.24) is 10.3 Å². The standard InChI is InChI=1S/C20H25N3O2S2/c1-2-25-19(24)17-15-9-5-3-4-6-10-16(15)27-18(17)23-20(26)22-13-14-8-7-11-21-12-14/h7-8,11-12H,2-6,9-10,13H2,1H3,(H2,22,23,26). The summed E-state index contributed by atoms with van der Waals surface area (Å²) in [5.74, 6) is -0.256. The number of hydrogen-bond donors (Lipinski definition) is 2. The van der Waals surface area contributed by atoms with Crippen molar-refractivity contribution in [1.29, 1.82) is 0 Å². The average molecular weight is 404 g/mol. The van der Waals surface area contributed by atoms with E-state index in [9.17, 15) is 4.79 Å². The van der Waals surface area contributed by atoms with Crippen LogP contribution in [0.25, 0.3) is 0 Å². The van der Waals surface area contributed by atoms with Crippen LogP contribution in [-0.4, -0.2) is 22.7 Å². The van der Waals surface area contributed by atoms with Gasteiger partial charge in [-0.1, -0.05) is 18.9 Å². The largest absolute Gasteiger partial charge is 0.462 e. The van der Waals surface area contributed by atoms with Gasteiger partial charge in [0.05, 0.1) is 12.2 Å². The number of anilines is 1. The van der Waals surface area contributed by atoms with E-state index < -0.39 is 0 Å². The lowest BCUT2D eigenvalue weighted by Crippen LogP contribution is -2.28. The third-order valence-corrected chi connectivity index (χ3v) is 6.01. The van der Waals surface area contributed by atoms with E-state index in [1.54, 1.807) is 23.7 Å². The third kappa shape index (κ3) is 5.26. The molecule has 0 amide bonds. The molecule has 0 saturated carbocycles. The lowest BCUT2D eigenvalue weighted by Gasteiger charge is -2.12. The molecule has 0 bridgehead atoms. The number of rotatable bonds is 5. The molecule has 0 saturated heterocycles. The van der Waals surface area contributed by atoms with Gasteiger partial charge in [-0.3, -0.25) is 4.98 Å². The van der Waals surface area contributed by atoms with Crippen molar-refractivity contribution in [3.63, 3.8) is 0 Å². The number of esters is 1. The fraction of sp³-hybridized carbons (Fsp3) is 0.450. The third-order valence-electron chi connectivity index (χ3n) is 4.55. The average Bonchev–Trinajstić information content (AvgIpc) is 2.97. The van der Waals surface area contributed by atoms with Crippen LogP contribution in [0.1, 0.15) is 59.0 Å². The molecule has 2 N–H and O–H groups in total. The normalized spacial score (nSPS) is 13.8. The van der Waals surface area contributed by atoms with E-state index in [4.69, 9.17) is 17.0 Å². The van der Waals surface area contributed by atoms with Crippen molar-refractivity contribution >= 4 is 39.6 Å². The Labute approximate surface area is 169 Å². The zero-order chi connectivity index (χ0) is 19.1. The quantitative estimate of drug-likeness (QED) is 0.567. The van der Waals surface area contributed by atoms with Crippen LogP contribution >= 0.6 is 23.6 Å². The highest BCUT2D eigenvalue weighted by Crippen LogP contribution is 2.37. The van der Waals surface area contributed by atoms with Gasteiger partial charge in [0.25, 0.3) is 0 Å². The maximum absolute atomic E-state index is 12.6. The number of carbonyl (C=O) groups excluding carboxylic acids is 1. The molecule has 1 aliphatic rings. The Morgan fingerprint density at radius 2 is 2.11 bits per heavy atom. The first-order chi connectivity index (χ1) is 13.2. The first kappa shape index (κ1) is 19.8. The maximum Gasteiger partial charge on any atom is 0.341 e. The van der Waals surface area contributed by atoms with Gasteiger partial charge >= 0.3 is 5.97 Å². The molecule has 0 unspecified atom stereocenters. The topological polar surface area (TPSA) is 63.2 Å². The van der Waals surface area contributed by atoms with Crippen molar-refractivity contribution in [3.8, 4) is 0 Å². The van der Waals surface area contributed by atoms with Crippen molar-refractivity contribution in [2.75, 3.05) is 11.9 Å². The SMILES string of the molecule is CCOC(=O)c1c(NC(=S)NCc2cccnc2)sc2c1CCCCCC2. The van der Waals surface area contributed by atoms with E-state index in [0.717, 1.165) is 35.4 Å². The van der Waals surface area contributed by atoms with Gasteiger partial charge in [-0.2, -0.15) is 0 Å². The molecule has 5 nitrogen and oxygen atoms in total. The number of fused-ring (bicyclic) bond motifs is 1. The zero-order valence-electron chi connectivity index (χ0n) is 15.5. The van der Waals surface area contributed by atoms with Gasteiger partial charge in [-0.15, -0.1) is 11.3 Å². The summed E-state index contributed by atoms with van der Waals surface area (Å²) in [6.45, 7) is 2.78. The molecule has 0 aromatic carbocycles. The number of thiocarbonyl (C=S) groups is 1. The Bertz CT molecular complexity index is 790. The van der Waals surface area contributed by atoms with Gasteiger partial charge in [-0.05, 0) is 62.0 Å². The monoisotopic (exact) mass is 403 g/mol. The highest BCUT2D eigenvalue weighted by Gasteiger charge is 2.25. The Hall–Kier alpha value is -1.99. The summed E-state index contributed by atoms with van der Waals surface area (Å²) < 4.78 is 5.33. The first-order valence-corrected chi connectivity index (χ1v) is 10.7. The number of nitrogens with one attached hydrogen (secondary N) is 2. The van der Waals surface area contributed by atoms with Crippen LogP contribution in [0.15, 0.2) is 24.5 Å². The molecule has 0 fully saturated rings. The molecule has 2 heterocycles. The molecule has 27 heavy (non-hydrogen) atoms. The Kier molecular flexibility index (Phi) is 7.18. The summed E-state index contributed by atoms with van der Waals surface area (Å²) in [4.78, 5) is 18.0. The zero-order valence-corrected chi connectivity index (χ0v) is 17.2. The number of hydrogen-bond acceptors (Lipinski definition) is 5. The molecule has 0 spiro atoms. The molecular weight excluding hydrogens is 378 g/mol. The van der Waals surface area contributed by atoms with Gasteiger partial charge in [0.2, 0.25) is 0 Å². The molecule has 2 aromatic rings. The molecule has 0 aliphatic heterocycles. The highest BCUT2D eigenvalue weighted by atomic mass is 32.1. The predicted octanol–water partition coefficient (Wildman–Crippen LogP) is 4.47.